The van der Waals surface area contributed by atoms with E-state index in [4.69, 9.17) is 24.5 Å². The van der Waals surface area contributed by atoms with Gasteiger partial charge in [-0.15, -0.1) is 0 Å². The molecule has 2 N–H and O–H groups in total. The average Bonchev–Trinajstić information content (AvgIpc) is 2.92. The van der Waals surface area contributed by atoms with Gasteiger partial charge in [0.15, 0.2) is 6.61 Å². The van der Waals surface area contributed by atoms with Crippen LogP contribution in [0.15, 0.2) is 22.7 Å². The maximum absolute atomic E-state index is 5.55. The van der Waals surface area contributed by atoms with Crippen molar-refractivity contribution in [1.82, 2.24) is 10.1 Å². The minimum Gasteiger partial charge on any atom is -0.496 e. The highest BCUT2D eigenvalue weighted by atomic mass is 16.5. The normalized spacial score (nSPS) is 10.3. The van der Waals surface area contributed by atoms with E-state index in [-0.39, 0.29) is 13.2 Å². The molecule has 0 unspecified atom stereocenters. The summed E-state index contributed by atoms with van der Waals surface area (Å²) in [5.41, 5.74) is 5.38. The van der Waals surface area contributed by atoms with Crippen LogP contribution in [0.1, 0.15) is 11.7 Å². The van der Waals surface area contributed by atoms with E-state index in [1.807, 2.05) is 0 Å². The number of hydrogen-bond donors (Lipinski definition) is 1. The van der Waals surface area contributed by atoms with Crippen molar-refractivity contribution in [2.45, 2.75) is 13.2 Å². The lowest BCUT2D eigenvalue weighted by Crippen LogP contribution is -2.00. The van der Waals surface area contributed by atoms with Gasteiger partial charge in [-0.3, -0.25) is 0 Å². The Hall–Kier alpha value is -2.28. The van der Waals surface area contributed by atoms with Crippen LogP contribution in [0.25, 0.3) is 0 Å². The van der Waals surface area contributed by atoms with Gasteiger partial charge in [-0.2, -0.15) is 4.98 Å². The van der Waals surface area contributed by atoms with E-state index < -0.39 is 0 Å². The molecule has 0 bridgehead atoms. The first-order valence-electron chi connectivity index (χ1n) is 5.62. The third kappa shape index (κ3) is 3.35. The molecule has 0 aliphatic rings. The first-order chi connectivity index (χ1) is 9.25. The van der Waals surface area contributed by atoms with Crippen molar-refractivity contribution >= 4 is 0 Å². The van der Waals surface area contributed by atoms with E-state index in [0.717, 1.165) is 0 Å². The molecule has 2 rings (SSSR count). The molecule has 0 fully saturated rings. The van der Waals surface area contributed by atoms with Gasteiger partial charge in [-0.25, -0.2) is 0 Å². The van der Waals surface area contributed by atoms with Crippen molar-refractivity contribution in [3.05, 3.63) is 29.9 Å². The Balaban J connectivity index is 2.05. The van der Waals surface area contributed by atoms with E-state index in [0.29, 0.717) is 29.0 Å². The van der Waals surface area contributed by atoms with Gasteiger partial charge in [0.05, 0.1) is 20.8 Å². The van der Waals surface area contributed by atoms with Crippen molar-refractivity contribution in [3.63, 3.8) is 0 Å². The summed E-state index contributed by atoms with van der Waals surface area (Å²) in [4.78, 5) is 4.04. The van der Waals surface area contributed by atoms with Gasteiger partial charge in [-0.1, -0.05) is 5.16 Å². The Bertz CT molecular complexity index is 519. The number of benzene rings is 1. The van der Waals surface area contributed by atoms with Gasteiger partial charge < -0.3 is 24.5 Å². The predicted octanol–water partition coefficient (Wildman–Crippen LogP) is 1.12. The largest absolute Gasteiger partial charge is 0.496 e. The molecule has 0 radical (unpaired) electrons. The molecule has 1 aromatic heterocycles. The molecule has 0 aliphatic carbocycles. The van der Waals surface area contributed by atoms with Crippen molar-refractivity contribution in [1.29, 1.82) is 0 Å². The molecule has 1 aromatic carbocycles. The molecule has 7 heteroatoms. The topological polar surface area (TPSA) is 92.6 Å². The molecule has 0 atom stereocenters. The van der Waals surface area contributed by atoms with Crippen LogP contribution in [-0.4, -0.2) is 24.4 Å². The Morgan fingerprint density at radius 1 is 1.11 bits per heavy atom. The predicted molar refractivity (Wildman–Crippen MR) is 66.1 cm³/mol. The zero-order chi connectivity index (χ0) is 13.7. The van der Waals surface area contributed by atoms with Crippen LogP contribution in [0, 0.1) is 0 Å². The number of rotatable bonds is 6. The van der Waals surface area contributed by atoms with E-state index in [1.165, 1.54) is 0 Å². The summed E-state index contributed by atoms with van der Waals surface area (Å²) in [7, 11) is 3.15. The highest BCUT2D eigenvalue weighted by molar-refractivity contribution is 5.41. The van der Waals surface area contributed by atoms with Gasteiger partial charge in [-0.05, 0) is 0 Å². The number of hydrogen-bond acceptors (Lipinski definition) is 7. The summed E-state index contributed by atoms with van der Waals surface area (Å²) in [5, 5.41) is 3.73. The molecular formula is C12H15N3O4. The molecule has 0 saturated heterocycles. The van der Waals surface area contributed by atoms with Crippen molar-refractivity contribution in [3.8, 4) is 17.2 Å². The average molecular weight is 265 g/mol. The Morgan fingerprint density at radius 2 is 1.74 bits per heavy atom. The summed E-state index contributed by atoms with van der Waals surface area (Å²) in [6.07, 6.45) is 0. The van der Waals surface area contributed by atoms with Crippen LogP contribution < -0.4 is 19.9 Å². The SMILES string of the molecule is COc1cc(OC)cc(OCc2noc(CN)n2)c1. The second-order valence-corrected chi connectivity index (χ2v) is 3.65. The van der Waals surface area contributed by atoms with E-state index in [1.54, 1.807) is 32.4 Å². The third-order valence-corrected chi connectivity index (χ3v) is 2.38. The molecule has 0 spiro atoms. The lowest BCUT2D eigenvalue weighted by Gasteiger charge is -2.08. The standard InChI is InChI=1S/C12H15N3O4/c1-16-8-3-9(17-2)5-10(4-8)18-7-11-14-12(6-13)19-15-11/h3-5H,6-7,13H2,1-2H3. The number of methoxy groups -OCH3 is 2. The lowest BCUT2D eigenvalue weighted by molar-refractivity contribution is 0.281. The maximum Gasteiger partial charge on any atom is 0.240 e. The van der Waals surface area contributed by atoms with Crippen molar-refractivity contribution in [2.75, 3.05) is 14.2 Å². The Labute approximate surface area is 110 Å². The highest BCUT2D eigenvalue weighted by Crippen LogP contribution is 2.27. The number of nitrogens with two attached hydrogens (primary N) is 1. The van der Waals surface area contributed by atoms with Crippen LogP contribution in [0.3, 0.4) is 0 Å². The fourth-order valence-corrected chi connectivity index (χ4v) is 1.44. The quantitative estimate of drug-likeness (QED) is 0.836. The molecular weight excluding hydrogens is 250 g/mol. The zero-order valence-electron chi connectivity index (χ0n) is 10.8. The van der Waals surface area contributed by atoms with Crippen LogP contribution >= 0.6 is 0 Å². The second-order valence-electron chi connectivity index (χ2n) is 3.65. The molecule has 19 heavy (non-hydrogen) atoms. The maximum atomic E-state index is 5.55. The van der Waals surface area contributed by atoms with Gasteiger partial charge in [0.2, 0.25) is 11.7 Å². The summed E-state index contributed by atoms with van der Waals surface area (Å²) in [6, 6.07) is 5.24. The molecule has 1 heterocycles. The third-order valence-electron chi connectivity index (χ3n) is 2.38. The zero-order valence-corrected chi connectivity index (χ0v) is 10.8. The van der Waals surface area contributed by atoms with E-state index in [2.05, 4.69) is 10.1 Å². The lowest BCUT2D eigenvalue weighted by atomic mass is 10.3. The fourth-order valence-electron chi connectivity index (χ4n) is 1.44. The first-order valence-corrected chi connectivity index (χ1v) is 5.62. The first kappa shape index (κ1) is 13.2. The highest BCUT2D eigenvalue weighted by Gasteiger charge is 2.07. The van der Waals surface area contributed by atoms with Crippen LogP contribution in [0.4, 0.5) is 0 Å². The molecule has 102 valence electrons. The number of nitrogens with zero attached hydrogens (tertiary/aromatic N) is 2. The number of aromatic nitrogens is 2. The molecule has 0 amide bonds. The molecule has 7 nitrogen and oxygen atoms in total. The smallest absolute Gasteiger partial charge is 0.240 e. The van der Waals surface area contributed by atoms with Crippen LogP contribution in [0.2, 0.25) is 0 Å². The Kier molecular flexibility index (Phi) is 4.19. The minimum absolute atomic E-state index is 0.180. The van der Waals surface area contributed by atoms with Gasteiger partial charge >= 0.3 is 0 Å². The monoisotopic (exact) mass is 265 g/mol. The molecule has 2 aromatic rings. The van der Waals surface area contributed by atoms with Gasteiger partial charge in [0, 0.05) is 18.2 Å². The summed E-state index contributed by atoms with van der Waals surface area (Å²) in [5.74, 6) is 2.69. The minimum atomic E-state index is 0.180. The Morgan fingerprint density at radius 3 is 2.26 bits per heavy atom. The van der Waals surface area contributed by atoms with E-state index in [9.17, 15) is 0 Å². The van der Waals surface area contributed by atoms with Gasteiger partial charge in [0.25, 0.3) is 0 Å². The summed E-state index contributed by atoms with van der Waals surface area (Å²) in [6.45, 7) is 0.389. The fraction of sp³-hybridized carbons (Fsp3) is 0.333. The van der Waals surface area contributed by atoms with E-state index >= 15 is 0 Å². The van der Waals surface area contributed by atoms with Gasteiger partial charge in [0.1, 0.15) is 17.2 Å². The van der Waals surface area contributed by atoms with Crippen LogP contribution in [0.5, 0.6) is 17.2 Å². The number of ether oxygens (including phenoxy) is 3. The van der Waals surface area contributed by atoms with Crippen molar-refractivity contribution in [2.24, 2.45) is 5.73 Å². The summed E-state index contributed by atoms with van der Waals surface area (Å²) < 4.78 is 20.7. The molecule has 0 aliphatic heterocycles. The van der Waals surface area contributed by atoms with Crippen LogP contribution in [-0.2, 0) is 13.2 Å². The summed E-state index contributed by atoms with van der Waals surface area (Å²) >= 11 is 0. The van der Waals surface area contributed by atoms with Crippen molar-refractivity contribution < 1.29 is 18.7 Å². The molecule has 0 saturated carbocycles. The second kappa shape index (κ2) is 6.05.